The van der Waals surface area contributed by atoms with E-state index in [1.165, 1.54) is 0 Å². The van der Waals surface area contributed by atoms with Gasteiger partial charge in [0.25, 0.3) is 0 Å². The van der Waals surface area contributed by atoms with E-state index < -0.39 is 0 Å². The highest BCUT2D eigenvalue weighted by molar-refractivity contribution is 4.84. The lowest BCUT2D eigenvalue weighted by atomic mass is 10.4. The zero-order valence-electron chi connectivity index (χ0n) is 8.08. The number of nitrogens with zero attached hydrogens (tertiary/aromatic N) is 2. The van der Waals surface area contributed by atoms with Crippen LogP contribution in [0.5, 0.6) is 0 Å². The first-order valence-corrected chi connectivity index (χ1v) is 4.44. The van der Waals surface area contributed by atoms with Crippen LogP contribution in [-0.4, -0.2) is 23.2 Å². The standard InChI is InChI=1S/C9H15N3O/c1-3-4-6-10-7-5-9-11-8(2)12-13-9/h3-4,10H,5-7H2,1-2H3/b4-3+. The van der Waals surface area contributed by atoms with Crippen LogP contribution < -0.4 is 5.32 Å². The normalized spacial score (nSPS) is 11.2. The number of rotatable bonds is 5. The van der Waals surface area contributed by atoms with Crippen molar-refractivity contribution in [3.8, 4) is 0 Å². The van der Waals surface area contributed by atoms with E-state index in [0.717, 1.165) is 19.5 Å². The van der Waals surface area contributed by atoms with Crippen LogP contribution in [0.15, 0.2) is 16.7 Å². The Kier molecular flexibility index (Phi) is 4.18. The highest BCUT2D eigenvalue weighted by Gasteiger charge is 2.00. The van der Waals surface area contributed by atoms with E-state index in [-0.39, 0.29) is 0 Å². The quantitative estimate of drug-likeness (QED) is 0.545. The molecule has 0 radical (unpaired) electrons. The molecular weight excluding hydrogens is 166 g/mol. The van der Waals surface area contributed by atoms with Gasteiger partial charge in [0.05, 0.1) is 0 Å². The predicted molar refractivity (Wildman–Crippen MR) is 50.4 cm³/mol. The Balaban J connectivity index is 2.13. The summed E-state index contributed by atoms with van der Waals surface area (Å²) >= 11 is 0. The van der Waals surface area contributed by atoms with Crippen LogP contribution in [0.3, 0.4) is 0 Å². The Bertz CT molecular complexity index is 268. The van der Waals surface area contributed by atoms with Gasteiger partial charge in [0.2, 0.25) is 5.89 Å². The number of aryl methyl sites for hydroxylation is 1. The van der Waals surface area contributed by atoms with Crippen molar-refractivity contribution < 1.29 is 4.52 Å². The first-order valence-electron chi connectivity index (χ1n) is 4.44. The second kappa shape index (κ2) is 5.48. The molecule has 0 aromatic carbocycles. The van der Waals surface area contributed by atoms with Gasteiger partial charge >= 0.3 is 0 Å². The molecule has 4 nitrogen and oxygen atoms in total. The molecule has 13 heavy (non-hydrogen) atoms. The molecule has 0 aliphatic rings. The van der Waals surface area contributed by atoms with Crippen molar-refractivity contribution in [3.05, 3.63) is 23.9 Å². The zero-order valence-corrected chi connectivity index (χ0v) is 8.08. The Morgan fingerprint density at radius 1 is 1.54 bits per heavy atom. The Morgan fingerprint density at radius 3 is 3.00 bits per heavy atom. The van der Waals surface area contributed by atoms with Crippen molar-refractivity contribution in [1.82, 2.24) is 15.5 Å². The molecule has 1 rings (SSSR count). The van der Waals surface area contributed by atoms with Crippen molar-refractivity contribution in [2.24, 2.45) is 0 Å². The van der Waals surface area contributed by atoms with Crippen LogP contribution in [0.2, 0.25) is 0 Å². The minimum absolute atomic E-state index is 0.698. The molecule has 0 fully saturated rings. The number of allylic oxidation sites excluding steroid dienone is 1. The van der Waals surface area contributed by atoms with E-state index in [4.69, 9.17) is 4.52 Å². The van der Waals surface area contributed by atoms with Crippen molar-refractivity contribution in [1.29, 1.82) is 0 Å². The Morgan fingerprint density at radius 2 is 2.38 bits per heavy atom. The van der Waals surface area contributed by atoms with E-state index in [0.29, 0.717) is 11.7 Å². The molecule has 4 heteroatoms. The summed E-state index contributed by atoms with van der Waals surface area (Å²) in [5.74, 6) is 1.40. The van der Waals surface area contributed by atoms with Gasteiger partial charge in [-0.05, 0) is 13.8 Å². The molecular formula is C9H15N3O. The molecule has 0 atom stereocenters. The van der Waals surface area contributed by atoms with Gasteiger partial charge in [-0.1, -0.05) is 17.3 Å². The van der Waals surface area contributed by atoms with Crippen molar-refractivity contribution in [2.45, 2.75) is 20.3 Å². The van der Waals surface area contributed by atoms with Crippen LogP contribution >= 0.6 is 0 Å². The van der Waals surface area contributed by atoms with Crippen LogP contribution in [0.25, 0.3) is 0 Å². The lowest BCUT2D eigenvalue weighted by Gasteiger charge is -1.96. The summed E-state index contributed by atoms with van der Waals surface area (Å²) < 4.78 is 4.95. The largest absolute Gasteiger partial charge is 0.339 e. The summed E-state index contributed by atoms with van der Waals surface area (Å²) in [6.07, 6.45) is 4.88. The van der Waals surface area contributed by atoms with Crippen molar-refractivity contribution in [2.75, 3.05) is 13.1 Å². The van der Waals surface area contributed by atoms with E-state index in [2.05, 4.69) is 21.5 Å². The van der Waals surface area contributed by atoms with Gasteiger partial charge in [-0.15, -0.1) is 0 Å². The van der Waals surface area contributed by atoms with Crippen LogP contribution in [-0.2, 0) is 6.42 Å². The predicted octanol–water partition coefficient (Wildman–Crippen LogP) is 1.09. The minimum atomic E-state index is 0.698. The van der Waals surface area contributed by atoms with E-state index in [1.54, 1.807) is 0 Å². The minimum Gasteiger partial charge on any atom is -0.339 e. The fourth-order valence-electron chi connectivity index (χ4n) is 0.940. The SMILES string of the molecule is C/C=C/CNCCc1nc(C)no1. The summed E-state index contributed by atoms with van der Waals surface area (Å²) in [7, 11) is 0. The molecule has 0 spiro atoms. The Labute approximate surface area is 78.0 Å². The lowest BCUT2D eigenvalue weighted by Crippen LogP contribution is -2.17. The summed E-state index contributed by atoms with van der Waals surface area (Å²) in [5, 5.41) is 6.93. The van der Waals surface area contributed by atoms with E-state index in [9.17, 15) is 0 Å². The summed E-state index contributed by atoms with van der Waals surface area (Å²) in [5.41, 5.74) is 0. The molecule has 0 bridgehead atoms. The number of hydrogen-bond donors (Lipinski definition) is 1. The summed E-state index contributed by atoms with van der Waals surface area (Å²) in [4.78, 5) is 4.09. The molecule has 1 heterocycles. The third kappa shape index (κ3) is 3.85. The monoisotopic (exact) mass is 181 g/mol. The maximum atomic E-state index is 4.95. The molecule has 0 aliphatic carbocycles. The second-order valence-electron chi connectivity index (χ2n) is 2.76. The number of hydrogen-bond acceptors (Lipinski definition) is 4. The highest BCUT2D eigenvalue weighted by Crippen LogP contribution is 1.95. The van der Waals surface area contributed by atoms with Gasteiger partial charge < -0.3 is 9.84 Å². The molecule has 0 amide bonds. The lowest BCUT2D eigenvalue weighted by molar-refractivity contribution is 0.373. The average molecular weight is 181 g/mol. The number of aromatic nitrogens is 2. The van der Waals surface area contributed by atoms with Gasteiger partial charge in [0.15, 0.2) is 5.82 Å². The first kappa shape index (κ1) is 9.92. The molecule has 0 aliphatic heterocycles. The molecule has 72 valence electrons. The van der Waals surface area contributed by atoms with Crippen LogP contribution in [0.1, 0.15) is 18.6 Å². The zero-order chi connectivity index (χ0) is 9.52. The topological polar surface area (TPSA) is 51.0 Å². The van der Waals surface area contributed by atoms with Crippen molar-refractivity contribution >= 4 is 0 Å². The van der Waals surface area contributed by atoms with Crippen LogP contribution in [0.4, 0.5) is 0 Å². The van der Waals surface area contributed by atoms with Gasteiger partial charge in [-0.25, -0.2) is 0 Å². The maximum absolute atomic E-state index is 4.95. The molecule has 0 unspecified atom stereocenters. The average Bonchev–Trinajstić information content (AvgIpc) is 2.51. The van der Waals surface area contributed by atoms with Gasteiger partial charge in [0.1, 0.15) is 0 Å². The molecule has 1 aromatic rings. The van der Waals surface area contributed by atoms with Crippen molar-refractivity contribution in [3.63, 3.8) is 0 Å². The Hall–Kier alpha value is -1.16. The molecule has 1 N–H and O–H groups in total. The summed E-state index contributed by atoms with van der Waals surface area (Å²) in [6.45, 7) is 5.58. The number of nitrogens with one attached hydrogen (secondary N) is 1. The smallest absolute Gasteiger partial charge is 0.227 e. The van der Waals surface area contributed by atoms with Gasteiger partial charge in [-0.3, -0.25) is 0 Å². The highest BCUT2D eigenvalue weighted by atomic mass is 16.5. The molecule has 0 saturated carbocycles. The third-order valence-corrected chi connectivity index (χ3v) is 1.58. The first-order chi connectivity index (χ1) is 6.33. The second-order valence-corrected chi connectivity index (χ2v) is 2.76. The molecule has 0 saturated heterocycles. The van der Waals surface area contributed by atoms with Gasteiger partial charge in [-0.2, -0.15) is 4.98 Å². The fourth-order valence-corrected chi connectivity index (χ4v) is 0.940. The van der Waals surface area contributed by atoms with E-state index >= 15 is 0 Å². The van der Waals surface area contributed by atoms with Crippen LogP contribution in [0, 0.1) is 6.92 Å². The molecule has 1 aromatic heterocycles. The third-order valence-electron chi connectivity index (χ3n) is 1.58. The van der Waals surface area contributed by atoms with Gasteiger partial charge in [0, 0.05) is 19.5 Å². The fraction of sp³-hybridized carbons (Fsp3) is 0.556. The van der Waals surface area contributed by atoms with E-state index in [1.807, 2.05) is 19.9 Å². The summed E-state index contributed by atoms with van der Waals surface area (Å²) in [6, 6.07) is 0. The maximum Gasteiger partial charge on any atom is 0.227 e.